The van der Waals surface area contributed by atoms with Crippen LogP contribution in [0.3, 0.4) is 0 Å². The number of allylic oxidation sites excluding steroid dienone is 1. The van der Waals surface area contributed by atoms with Gasteiger partial charge in [0, 0.05) is 0 Å². The van der Waals surface area contributed by atoms with Gasteiger partial charge in [0.2, 0.25) is 0 Å². The number of hydrogen-bond donors (Lipinski definition) is 1. The Kier molecular flexibility index (Phi) is 9.01. The minimum Gasteiger partial charge on any atom is -0.504 e. The SMILES string of the molecule is CCOC(=O)C1=C(C)N=c2s/c(=C\c3cc(I)c(O)c(OCC)c3)c(=O)n2[C@H]1c1ccc(OC)c(OCC)c1. The molecule has 2 heterocycles. The van der Waals surface area contributed by atoms with Crippen LogP contribution in [0.4, 0.5) is 0 Å². The molecule has 0 radical (unpaired) electrons. The third-order valence-electron chi connectivity index (χ3n) is 5.97. The van der Waals surface area contributed by atoms with Crippen molar-refractivity contribution in [2.75, 3.05) is 26.9 Å². The summed E-state index contributed by atoms with van der Waals surface area (Å²) in [5, 5.41) is 10.3. The van der Waals surface area contributed by atoms with E-state index in [-0.39, 0.29) is 23.5 Å². The van der Waals surface area contributed by atoms with Crippen LogP contribution in [0, 0.1) is 3.57 Å². The van der Waals surface area contributed by atoms with Crippen LogP contribution in [0.1, 0.15) is 44.9 Å². The van der Waals surface area contributed by atoms with Gasteiger partial charge in [-0.05, 0) is 91.8 Å². The number of thiazole rings is 1. The summed E-state index contributed by atoms with van der Waals surface area (Å²) in [6.07, 6.45) is 1.73. The van der Waals surface area contributed by atoms with E-state index >= 15 is 0 Å². The maximum Gasteiger partial charge on any atom is 0.338 e. The molecular weight excluding hydrogens is 635 g/mol. The van der Waals surface area contributed by atoms with E-state index in [9.17, 15) is 14.7 Å². The number of phenolic OH excluding ortho intramolecular Hbond substituents is 1. The molecular formula is C28H29IN2O7S. The summed E-state index contributed by atoms with van der Waals surface area (Å²) < 4.78 is 24.7. The molecule has 0 aliphatic carbocycles. The van der Waals surface area contributed by atoms with Crippen molar-refractivity contribution in [3.8, 4) is 23.0 Å². The molecule has 206 valence electrons. The molecule has 0 bridgehead atoms. The molecule has 39 heavy (non-hydrogen) atoms. The number of esters is 1. The van der Waals surface area contributed by atoms with Gasteiger partial charge in [0.15, 0.2) is 27.8 Å². The molecule has 0 amide bonds. The molecule has 3 aromatic rings. The van der Waals surface area contributed by atoms with Crippen molar-refractivity contribution in [1.29, 1.82) is 0 Å². The van der Waals surface area contributed by atoms with Crippen LogP contribution in [0.2, 0.25) is 0 Å². The summed E-state index contributed by atoms with van der Waals surface area (Å²) in [7, 11) is 1.55. The van der Waals surface area contributed by atoms with Gasteiger partial charge in [0.25, 0.3) is 5.56 Å². The number of hydrogen-bond acceptors (Lipinski definition) is 9. The highest BCUT2D eigenvalue weighted by Crippen LogP contribution is 2.36. The normalized spacial score (nSPS) is 15.0. The monoisotopic (exact) mass is 664 g/mol. The van der Waals surface area contributed by atoms with E-state index in [1.165, 1.54) is 15.9 Å². The van der Waals surface area contributed by atoms with Crippen molar-refractivity contribution in [3.05, 3.63) is 76.0 Å². The molecule has 9 nitrogen and oxygen atoms in total. The number of fused-ring (bicyclic) bond motifs is 1. The summed E-state index contributed by atoms with van der Waals surface area (Å²) in [6.45, 7) is 8.14. The molecule has 1 aliphatic heterocycles. The Labute approximate surface area is 243 Å². The first-order valence-corrected chi connectivity index (χ1v) is 14.3. The highest BCUT2D eigenvalue weighted by Gasteiger charge is 2.34. The number of halogens is 1. The van der Waals surface area contributed by atoms with Crippen LogP contribution in [0.15, 0.2) is 51.4 Å². The van der Waals surface area contributed by atoms with Crippen molar-refractivity contribution in [2.45, 2.75) is 33.7 Å². The van der Waals surface area contributed by atoms with E-state index in [4.69, 9.17) is 18.9 Å². The lowest BCUT2D eigenvalue weighted by Crippen LogP contribution is -2.40. The number of carbonyl (C=O) groups is 1. The van der Waals surface area contributed by atoms with Crippen LogP contribution >= 0.6 is 33.9 Å². The quantitative estimate of drug-likeness (QED) is 0.273. The van der Waals surface area contributed by atoms with E-state index in [0.29, 0.717) is 60.2 Å². The third-order valence-corrected chi connectivity index (χ3v) is 7.77. The Bertz CT molecular complexity index is 1620. The topological polar surface area (TPSA) is 109 Å². The third kappa shape index (κ3) is 5.69. The van der Waals surface area contributed by atoms with Gasteiger partial charge >= 0.3 is 5.97 Å². The van der Waals surface area contributed by atoms with Crippen LogP contribution in [0.5, 0.6) is 23.0 Å². The van der Waals surface area contributed by atoms with E-state index in [0.717, 1.165) is 0 Å². The zero-order valence-electron chi connectivity index (χ0n) is 22.2. The molecule has 1 N–H and O–H groups in total. The lowest BCUT2D eigenvalue weighted by molar-refractivity contribution is -0.139. The van der Waals surface area contributed by atoms with E-state index in [1.54, 1.807) is 57.4 Å². The van der Waals surface area contributed by atoms with Crippen molar-refractivity contribution >= 4 is 46.0 Å². The summed E-state index contributed by atoms with van der Waals surface area (Å²) in [4.78, 5) is 32.1. The number of aromatic hydroxyl groups is 1. The number of carbonyl (C=O) groups excluding carboxylic acids is 1. The first kappa shape index (κ1) is 28.7. The zero-order chi connectivity index (χ0) is 28.3. The smallest absolute Gasteiger partial charge is 0.338 e. The number of phenols is 1. The highest BCUT2D eigenvalue weighted by molar-refractivity contribution is 14.1. The van der Waals surface area contributed by atoms with Crippen molar-refractivity contribution in [3.63, 3.8) is 0 Å². The second-order valence-electron chi connectivity index (χ2n) is 8.43. The minimum absolute atomic E-state index is 0.0513. The van der Waals surface area contributed by atoms with Crippen molar-refractivity contribution in [1.82, 2.24) is 4.57 Å². The molecule has 1 atom stereocenters. The summed E-state index contributed by atoms with van der Waals surface area (Å²) in [6, 6.07) is 8.00. The molecule has 2 aromatic carbocycles. The molecule has 11 heteroatoms. The van der Waals surface area contributed by atoms with Crippen molar-refractivity contribution in [2.24, 2.45) is 4.99 Å². The Morgan fingerprint density at radius 1 is 1.10 bits per heavy atom. The van der Waals surface area contributed by atoms with Gasteiger partial charge in [0.05, 0.1) is 52.3 Å². The lowest BCUT2D eigenvalue weighted by Gasteiger charge is -2.25. The number of ether oxygens (including phenoxy) is 4. The fourth-order valence-corrected chi connectivity index (χ4v) is 6.00. The molecule has 4 rings (SSSR count). The maximum atomic E-state index is 13.9. The fraction of sp³-hybridized carbons (Fsp3) is 0.321. The van der Waals surface area contributed by atoms with Crippen molar-refractivity contribution < 1.29 is 28.8 Å². The average Bonchev–Trinajstić information content (AvgIpc) is 3.20. The molecule has 1 aromatic heterocycles. The largest absolute Gasteiger partial charge is 0.504 e. The standard InChI is InChI=1S/C28H29IN2O7S/c1-6-36-20-14-17(9-10-19(20)35-5)24-23(27(34)38-8-3)15(4)30-28-31(24)26(33)22(39-28)13-16-11-18(29)25(32)21(12-16)37-7-2/h9-14,24,32H,6-8H2,1-5H3/b22-13-/t24-/m0/s1. The van der Waals surface area contributed by atoms with Gasteiger partial charge in [-0.1, -0.05) is 17.4 Å². The molecule has 0 spiro atoms. The second kappa shape index (κ2) is 12.2. The van der Waals surface area contributed by atoms with E-state index < -0.39 is 12.0 Å². The maximum absolute atomic E-state index is 13.9. The van der Waals surface area contributed by atoms with Crippen LogP contribution < -0.4 is 29.1 Å². The molecule has 0 unspecified atom stereocenters. The molecule has 0 saturated heterocycles. The lowest BCUT2D eigenvalue weighted by atomic mass is 9.95. The fourth-order valence-electron chi connectivity index (χ4n) is 4.33. The Morgan fingerprint density at radius 3 is 2.49 bits per heavy atom. The summed E-state index contributed by atoms with van der Waals surface area (Å²) >= 11 is 3.24. The van der Waals surface area contributed by atoms with Crippen LogP contribution in [-0.2, 0) is 9.53 Å². The molecule has 1 aliphatic rings. The van der Waals surface area contributed by atoms with Gasteiger partial charge in [0.1, 0.15) is 0 Å². The Balaban J connectivity index is 1.95. The zero-order valence-corrected chi connectivity index (χ0v) is 25.2. The first-order chi connectivity index (χ1) is 18.7. The predicted molar refractivity (Wildman–Crippen MR) is 157 cm³/mol. The van der Waals surface area contributed by atoms with E-state index in [2.05, 4.69) is 4.99 Å². The van der Waals surface area contributed by atoms with Gasteiger partial charge < -0.3 is 24.1 Å². The predicted octanol–water partition coefficient (Wildman–Crippen LogP) is 3.91. The number of methoxy groups -OCH3 is 1. The van der Waals surface area contributed by atoms with Gasteiger partial charge in [-0.2, -0.15) is 0 Å². The summed E-state index contributed by atoms with van der Waals surface area (Å²) in [5.74, 6) is 0.887. The Morgan fingerprint density at radius 2 is 1.82 bits per heavy atom. The summed E-state index contributed by atoms with van der Waals surface area (Å²) in [5.41, 5.74) is 1.78. The van der Waals surface area contributed by atoms with Crippen LogP contribution in [-0.4, -0.2) is 42.6 Å². The number of aromatic nitrogens is 1. The average molecular weight is 665 g/mol. The number of rotatable bonds is 9. The molecule has 0 fully saturated rings. The molecule has 0 saturated carbocycles. The van der Waals surface area contributed by atoms with Gasteiger partial charge in [-0.15, -0.1) is 0 Å². The number of benzene rings is 2. The van der Waals surface area contributed by atoms with E-state index in [1.807, 2.05) is 36.4 Å². The van der Waals surface area contributed by atoms with Gasteiger partial charge in [-0.25, -0.2) is 9.79 Å². The second-order valence-corrected chi connectivity index (χ2v) is 10.6. The minimum atomic E-state index is -0.786. The van der Waals surface area contributed by atoms with Gasteiger partial charge in [-0.3, -0.25) is 9.36 Å². The first-order valence-electron chi connectivity index (χ1n) is 12.4. The van der Waals surface area contributed by atoms with Crippen LogP contribution in [0.25, 0.3) is 6.08 Å². The number of nitrogens with zero attached hydrogens (tertiary/aromatic N) is 2. The Hall–Kier alpha value is -3.32. The highest BCUT2D eigenvalue weighted by atomic mass is 127.